The Morgan fingerprint density at radius 2 is 2.00 bits per heavy atom. The molecule has 1 atom stereocenters. The number of rotatable bonds is 6. The van der Waals surface area contributed by atoms with E-state index in [2.05, 4.69) is 49.2 Å². The van der Waals surface area contributed by atoms with Gasteiger partial charge in [0.05, 0.1) is 4.34 Å². The van der Waals surface area contributed by atoms with Gasteiger partial charge in [-0.15, -0.1) is 11.3 Å². The van der Waals surface area contributed by atoms with Gasteiger partial charge in [-0.3, -0.25) is 0 Å². The van der Waals surface area contributed by atoms with Crippen LogP contribution in [0.2, 0.25) is 4.34 Å². The van der Waals surface area contributed by atoms with E-state index in [1.54, 1.807) is 11.3 Å². The van der Waals surface area contributed by atoms with E-state index in [0.717, 1.165) is 23.8 Å². The summed E-state index contributed by atoms with van der Waals surface area (Å²) in [5, 5.41) is 0. The zero-order chi connectivity index (χ0) is 14.5. The molecule has 0 radical (unpaired) electrons. The van der Waals surface area contributed by atoms with Crippen LogP contribution < -0.4 is 5.73 Å². The van der Waals surface area contributed by atoms with E-state index in [1.807, 2.05) is 6.07 Å². The molecule has 2 N–H and O–H groups in total. The molecule has 1 aromatic heterocycles. The highest BCUT2D eigenvalue weighted by Crippen LogP contribution is 2.23. The van der Waals surface area contributed by atoms with Crippen LogP contribution in [-0.2, 0) is 6.54 Å². The SMILES string of the molecule is Cc1ccccc1C(N)CCN(C)Cc1ccc(Cl)s1. The number of thiophene rings is 1. The molecule has 0 bridgehead atoms. The number of nitrogens with zero attached hydrogens (tertiary/aromatic N) is 1. The van der Waals surface area contributed by atoms with Crippen molar-refractivity contribution in [1.82, 2.24) is 4.90 Å². The zero-order valence-corrected chi connectivity index (χ0v) is 13.5. The van der Waals surface area contributed by atoms with Crippen molar-refractivity contribution in [2.24, 2.45) is 5.73 Å². The lowest BCUT2D eigenvalue weighted by Gasteiger charge is -2.20. The van der Waals surface area contributed by atoms with E-state index in [9.17, 15) is 0 Å². The van der Waals surface area contributed by atoms with E-state index in [1.165, 1.54) is 16.0 Å². The van der Waals surface area contributed by atoms with E-state index in [0.29, 0.717) is 0 Å². The standard InChI is InChI=1S/C16H21ClN2S/c1-12-5-3-4-6-14(12)15(18)9-10-19(2)11-13-7-8-16(17)20-13/h3-8,15H,9-11,18H2,1-2H3. The van der Waals surface area contributed by atoms with Crippen molar-refractivity contribution >= 4 is 22.9 Å². The van der Waals surface area contributed by atoms with E-state index >= 15 is 0 Å². The van der Waals surface area contributed by atoms with Crippen molar-refractivity contribution in [1.29, 1.82) is 0 Å². The summed E-state index contributed by atoms with van der Waals surface area (Å²) in [4.78, 5) is 3.59. The fourth-order valence-electron chi connectivity index (χ4n) is 2.30. The van der Waals surface area contributed by atoms with Crippen LogP contribution >= 0.6 is 22.9 Å². The molecule has 2 nitrogen and oxygen atoms in total. The van der Waals surface area contributed by atoms with Gasteiger partial charge in [0.25, 0.3) is 0 Å². The molecule has 0 aliphatic heterocycles. The van der Waals surface area contributed by atoms with Crippen LogP contribution in [0.4, 0.5) is 0 Å². The first-order valence-electron chi connectivity index (χ1n) is 6.80. The van der Waals surface area contributed by atoms with Crippen LogP contribution in [0.3, 0.4) is 0 Å². The highest BCUT2D eigenvalue weighted by molar-refractivity contribution is 7.16. The van der Waals surface area contributed by atoms with Crippen molar-refractivity contribution in [3.8, 4) is 0 Å². The Labute approximate surface area is 130 Å². The second kappa shape index (κ2) is 7.23. The molecule has 0 fully saturated rings. The molecule has 1 aromatic carbocycles. The molecule has 0 spiro atoms. The Morgan fingerprint density at radius 1 is 1.25 bits per heavy atom. The molecular weight excluding hydrogens is 288 g/mol. The molecule has 20 heavy (non-hydrogen) atoms. The molecule has 0 aliphatic rings. The monoisotopic (exact) mass is 308 g/mol. The van der Waals surface area contributed by atoms with Crippen molar-refractivity contribution in [2.75, 3.05) is 13.6 Å². The first-order chi connectivity index (χ1) is 9.56. The lowest BCUT2D eigenvalue weighted by Crippen LogP contribution is -2.23. The zero-order valence-electron chi connectivity index (χ0n) is 12.0. The van der Waals surface area contributed by atoms with Crippen LogP contribution in [0.15, 0.2) is 36.4 Å². The topological polar surface area (TPSA) is 29.3 Å². The Hall–Kier alpha value is -0.870. The van der Waals surface area contributed by atoms with Crippen LogP contribution in [-0.4, -0.2) is 18.5 Å². The normalized spacial score (nSPS) is 12.8. The summed E-state index contributed by atoms with van der Waals surface area (Å²) in [5.41, 5.74) is 8.82. The smallest absolute Gasteiger partial charge is 0.0931 e. The second-order valence-corrected chi connectivity index (χ2v) is 6.99. The molecular formula is C16H21ClN2S. The summed E-state index contributed by atoms with van der Waals surface area (Å²) in [6.07, 6.45) is 0.959. The quantitative estimate of drug-likeness (QED) is 0.865. The van der Waals surface area contributed by atoms with Gasteiger partial charge in [0.2, 0.25) is 0 Å². The maximum atomic E-state index is 6.30. The molecule has 0 saturated heterocycles. The van der Waals surface area contributed by atoms with E-state index in [-0.39, 0.29) is 6.04 Å². The van der Waals surface area contributed by atoms with Gasteiger partial charge in [-0.25, -0.2) is 0 Å². The Bertz CT molecular complexity index is 553. The summed E-state index contributed by atoms with van der Waals surface area (Å²) in [6, 6.07) is 12.5. The molecule has 108 valence electrons. The van der Waals surface area contributed by atoms with Crippen molar-refractivity contribution in [3.05, 3.63) is 56.7 Å². The van der Waals surface area contributed by atoms with Gasteiger partial charge in [-0.05, 0) is 43.7 Å². The number of hydrogen-bond acceptors (Lipinski definition) is 3. The minimum Gasteiger partial charge on any atom is -0.324 e. The Kier molecular flexibility index (Phi) is 5.61. The first-order valence-corrected chi connectivity index (χ1v) is 7.99. The van der Waals surface area contributed by atoms with Crippen molar-refractivity contribution in [2.45, 2.75) is 25.9 Å². The van der Waals surface area contributed by atoms with E-state index in [4.69, 9.17) is 17.3 Å². The average Bonchev–Trinajstić information content (AvgIpc) is 2.82. The molecule has 0 aliphatic carbocycles. The second-order valence-electron chi connectivity index (χ2n) is 5.20. The fraction of sp³-hybridized carbons (Fsp3) is 0.375. The van der Waals surface area contributed by atoms with Crippen molar-refractivity contribution < 1.29 is 0 Å². The average molecular weight is 309 g/mol. The molecule has 4 heteroatoms. The third-order valence-electron chi connectivity index (χ3n) is 3.46. The Morgan fingerprint density at radius 3 is 2.65 bits per heavy atom. The first kappa shape index (κ1) is 15.5. The van der Waals surface area contributed by atoms with Gasteiger partial charge in [-0.2, -0.15) is 0 Å². The number of hydrogen-bond donors (Lipinski definition) is 1. The maximum Gasteiger partial charge on any atom is 0.0931 e. The largest absolute Gasteiger partial charge is 0.324 e. The molecule has 2 aromatic rings. The van der Waals surface area contributed by atoms with Gasteiger partial charge in [-0.1, -0.05) is 35.9 Å². The summed E-state index contributed by atoms with van der Waals surface area (Å²) in [7, 11) is 2.12. The van der Waals surface area contributed by atoms with Gasteiger partial charge in [0.1, 0.15) is 0 Å². The van der Waals surface area contributed by atoms with Crippen LogP contribution in [0, 0.1) is 6.92 Å². The summed E-state index contributed by atoms with van der Waals surface area (Å²) < 4.78 is 0.852. The minimum absolute atomic E-state index is 0.102. The van der Waals surface area contributed by atoms with Gasteiger partial charge in [0.15, 0.2) is 0 Å². The van der Waals surface area contributed by atoms with Crippen LogP contribution in [0.1, 0.15) is 28.5 Å². The third kappa shape index (κ3) is 4.32. The predicted molar refractivity (Wildman–Crippen MR) is 88.4 cm³/mol. The highest BCUT2D eigenvalue weighted by atomic mass is 35.5. The lowest BCUT2D eigenvalue weighted by atomic mass is 9.99. The highest BCUT2D eigenvalue weighted by Gasteiger charge is 2.10. The van der Waals surface area contributed by atoms with Gasteiger partial charge >= 0.3 is 0 Å². The van der Waals surface area contributed by atoms with Crippen LogP contribution in [0.25, 0.3) is 0 Å². The molecule has 1 unspecified atom stereocenters. The van der Waals surface area contributed by atoms with E-state index < -0.39 is 0 Å². The summed E-state index contributed by atoms with van der Waals surface area (Å²) in [5.74, 6) is 0. The fourth-order valence-corrected chi connectivity index (χ4v) is 3.47. The number of halogens is 1. The number of benzene rings is 1. The number of nitrogens with two attached hydrogens (primary N) is 1. The van der Waals surface area contributed by atoms with Gasteiger partial charge < -0.3 is 10.6 Å². The van der Waals surface area contributed by atoms with Gasteiger partial charge in [0, 0.05) is 24.0 Å². The summed E-state index contributed by atoms with van der Waals surface area (Å²) >= 11 is 7.59. The molecule has 1 heterocycles. The summed E-state index contributed by atoms with van der Waals surface area (Å²) in [6.45, 7) is 4.02. The predicted octanol–water partition coefficient (Wildman–Crippen LogP) is 4.23. The molecule has 2 rings (SSSR count). The molecule has 0 saturated carbocycles. The maximum absolute atomic E-state index is 6.30. The lowest BCUT2D eigenvalue weighted by molar-refractivity contribution is 0.314. The number of aryl methyl sites for hydroxylation is 1. The molecule has 0 amide bonds. The van der Waals surface area contributed by atoms with Crippen LogP contribution in [0.5, 0.6) is 0 Å². The Balaban J connectivity index is 1.84. The third-order valence-corrected chi connectivity index (χ3v) is 4.68. The minimum atomic E-state index is 0.102. The van der Waals surface area contributed by atoms with Crippen molar-refractivity contribution in [3.63, 3.8) is 0 Å².